The molecule has 1 atom stereocenters. The summed E-state index contributed by atoms with van der Waals surface area (Å²) in [6.45, 7) is 3.10. The fourth-order valence-electron chi connectivity index (χ4n) is 1.68. The van der Waals surface area contributed by atoms with E-state index in [0.29, 0.717) is 26.1 Å². The SMILES string of the molecule is CCCCCCCCOP1(=O)OCCCCOOOO1. The van der Waals surface area contributed by atoms with Crippen LogP contribution in [-0.4, -0.2) is 19.8 Å². The highest BCUT2D eigenvalue weighted by Gasteiger charge is 2.29. The first kappa shape index (κ1) is 18.0. The van der Waals surface area contributed by atoms with Crippen LogP contribution in [0.25, 0.3) is 0 Å². The van der Waals surface area contributed by atoms with Gasteiger partial charge in [-0.3, -0.25) is 9.05 Å². The molecule has 1 saturated heterocycles. The van der Waals surface area contributed by atoms with Gasteiger partial charge in [-0.1, -0.05) is 43.7 Å². The van der Waals surface area contributed by atoms with Gasteiger partial charge in [0.25, 0.3) is 0 Å². The molecule has 0 bridgehead atoms. The Morgan fingerprint density at radius 1 is 1.00 bits per heavy atom. The molecule has 0 aromatic heterocycles. The second-order valence-electron chi connectivity index (χ2n) is 4.62. The van der Waals surface area contributed by atoms with Gasteiger partial charge in [-0.2, -0.15) is 0 Å². The van der Waals surface area contributed by atoms with E-state index < -0.39 is 7.82 Å². The van der Waals surface area contributed by atoms with Crippen molar-refractivity contribution in [1.29, 1.82) is 0 Å². The lowest BCUT2D eigenvalue weighted by molar-refractivity contribution is -0.611. The third-order valence-corrected chi connectivity index (χ3v) is 4.06. The normalized spacial score (nSPS) is 25.4. The molecule has 0 saturated carbocycles. The smallest absolute Gasteiger partial charge is 0.285 e. The van der Waals surface area contributed by atoms with Crippen LogP contribution in [0.15, 0.2) is 0 Å². The number of phosphoric ester groups is 1. The van der Waals surface area contributed by atoms with Gasteiger partial charge in [-0.15, -0.1) is 0 Å². The Balaban J connectivity index is 2.15. The zero-order valence-corrected chi connectivity index (χ0v) is 13.0. The molecule has 0 aromatic rings. The summed E-state index contributed by atoms with van der Waals surface area (Å²) in [5.41, 5.74) is 0. The molecule has 1 fully saturated rings. The van der Waals surface area contributed by atoms with Crippen LogP contribution < -0.4 is 0 Å². The van der Waals surface area contributed by atoms with Crippen molar-refractivity contribution in [1.82, 2.24) is 0 Å². The standard InChI is InChI=1S/C12H25O7P/c1-2-3-4-5-6-7-11-15-20(13)16-12-9-8-10-14-17-18-19-20/h2-12H2,1H3. The predicted molar refractivity (Wildman–Crippen MR) is 71.3 cm³/mol. The monoisotopic (exact) mass is 312 g/mol. The maximum atomic E-state index is 12.1. The van der Waals surface area contributed by atoms with Crippen LogP contribution >= 0.6 is 7.82 Å². The first-order chi connectivity index (χ1) is 9.77. The molecule has 20 heavy (non-hydrogen) atoms. The highest BCUT2D eigenvalue weighted by Crippen LogP contribution is 2.50. The van der Waals surface area contributed by atoms with E-state index in [4.69, 9.17) is 9.05 Å². The summed E-state index contributed by atoms with van der Waals surface area (Å²) >= 11 is 0. The van der Waals surface area contributed by atoms with Crippen molar-refractivity contribution in [2.75, 3.05) is 19.8 Å². The van der Waals surface area contributed by atoms with Crippen LogP contribution in [0.1, 0.15) is 58.3 Å². The highest BCUT2D eigenvalue weighted by atomic mass is 31.2. The summed E-state index contributed by atoms with van der Waals surface area (Å²) in [5.74, 6) is 0. The average Bonchev–Trinajstić information content (AvgIpc) is 2.45. The second-order valence-corrected chi connectivity index (χ2v) is 6.18. The van der Waals surface area contributed by atoms with E-state index in [0.717, 1.165) is 19.3 Å². The summed E-state index contributed by atoms with van der Waals surface area (Å²) in [7, 11) is -3.72. The molecule has 1 aliphatic rings. The fourth-order valence-corrected chi connectivity index (χ4v) is 2.65. The van der Waals surface area contributed by atoms with Gasteiger partial charge in [0.2, 0.25) is 0 Å². The van der Waals surface area contributed by atoms with Crippen molar-refractivity contribution in [2.45, 2.75) is 58.3 Å². The van der Waals surface area contributed by atoms with Crippen LogP contribution in [0.4, 0.5) is 0 Å². The molecule has 7 nitrogen and oxygen atoms in total. The average molecular weight is 312 g/mol. The number of unbranched alkanes of at least 4 members (excludes halogenated alkanes) is 5. The Morgan fingerprint density at radius 3 is 2.60 bits per heavy atom. The molecule has 1 rings (SSSR count). The van der Waals surface area contributed by atoms with Crippen LogP contribution in [0.2, 0.25) is 0 Å². The van der Waals surface area contributed by atoms with Crippen molar-refractivity contribution < 1.29 is 33.3 Å². The van der Waals surface area contributed by atoms with Crippen LogP contribution in [-0.2, 0) is 33.3 Å². The fraction of sp³-hybridized carbons (Fsp3) is 1.00. The summed E-state index contributed by atoms with van der Waals surface area (Å²) in [6.07, 6.45) is 8.05. The van der Waals surface area contributed by atoms with Gasteiger partial charge in [0.15, 0.2) is 0 Å². The van der Waals surface area contributed by atoms with E-state index in [1.54, 1.807) is 0 Å². The Morgan fingerprint density at radius 2 is 1.75 bits per heavy atom. The van der Waals surface area contributed by atoms with Gasteiger partial charge in [-0.05, 0) is 29.3 Å². The zero-order chi connectivity index (χ0) is 14.5. The van der Waals surface area contributed by atoms with Crippen LogP contribution in [0, 0.1) is 0 Å². The molecule has 1 unspecified atom stereocenters. The van der Waals surface area contributed by atoms with Crippen molar-refractivity contribution >= 4 is 7.82 Å². The number of rotatable bonds is 8. The topological polar surface area (TPSA) is 72.5 Å². The molecule has 120 valence electrons. The minimum absolute atomic E-state index is 0.264. The zero-order valence-electron chi connectivity index (χ0n) is 12.1. The van der Waals surface area contributed by atoms with E-state index >= 15 is 0 Å². The third-order valence-electron chi connectivity index (χ3n) is 2.82. The molecule has 0 amide bonds. The molecule has 1 aliphatic heterocycles. The molecule has 0 radical (unpaired) electrons. The van der Waals surface area contributed by atoms with Gasteiger partial charge >= 0.3 is 7.82 Å². The van der Waals surface area contributed by atoms with Crippen molar-refractivity contribution in [3.63, 3.8) is 0 Å². The minimum atomic E-state index is -3.72. The molecular weight excluding hydrogens is 287 g/mol. The molecule has 0 N–H and O–H groups in total. The van der Waals surface area contributed by atoms with Crippen LogP contribution in [0.3, 0.4) is 0 Å². The molecule has 0 aromatic carbocycles. The lowest BCUT2D eigenvalue weighted by atomic mass is 10.1. The van der Waals surface area contributed by atoms with Gasteiger partial charge in [0.1, 0.15) is 0 Å². The Kier molecular flexibility index (Phi) is 10.5. The Hall–Kier alpha value is -0.0100. The third kappa shape index (κ3) is 9.02. The van der Waals surface area contributed by atoms with Gasteiger partial charge in [0, 0.05) is 0 Å². The van der Waals surface area contributed by atoms with E-state index in [2.05, 4.69) is 26.6 Å². The van der Waals surface area contributed by atoms with E-state index in [1.807, 2.05) is 0 Å². The predicted octanol–water partition coefficient (Wildman–Crippen LogP) is 4.09. The maximum absolute atomic E-state index is 12.1. The second kappa shape index (κ2) is 11.6. The Bertz CT molecular complexity index is 261. The van der Waals surface area contributed by atoms with Crippen molar-refractivity contribution in [2.24, 2.45) is 0 Å². The molecule has 8 heteroatoms. The Labute approximate surface area is 120 Å². The molecular formula is C12H25O7P. The minimum Gasteiger partial charge on any atom is -0.285 e. The van der Waals surface area contributed by atoms with Crippen molar-refractivity contribution in [3.8, 4) is 0 Å². The number of phosphoric acid groups is 1. The number of hydrogen-bond acceptors (Lipinski definition) is 7. The van der Waals surface area contributed by atoms with E-state index in [1.165, 1.54) is 19.3 Å². The first-order valence-electron chi connectivity index (χ1n) is 7.30. The molecule has 1 heterocycles. The summed E-state index contributed by atoms with van der Waals surface area (Å²) < 4.78 is 26.9. The van der Waals surface area contributed by atoms with Gasteiger partial charge in [0.05, 0.1) is 19.8 Å². The van der Waals surface area contributed by atoms with Crippen molar-refractivity contribution in [3.05, 3.63) is 0 Å². The lowest BCUT2D eigenvalue weighted by Crippen LogP contribution is -2.08. The maximum Gasteiger partial charge on any atom is 0.504 e. The lowest BCUT2D eigenvalue weighted by Gasteiger charge is -2.16. The van der Waals surface area contributed by atoms with Gasteiger partial charge < -0.3 is 0 Å². The summed E-state index contributed by atoms with van der Waals surface area (Å²) in [4.78, 5) is 4.60. The summed E-state index contributed by atoms with van der Waals surface area (Å²) in [5, 5.41) is 8.42. The molecule has 0 aliphatic carbocycles. The number of hydrogen-bond donors (Lipinski definition) is 0. The van der Waals surface area contributed by atoms with E-state index in [-0.39, 0.29) is 6.61 Å². The highest BCUT2D eigenvalue weighted by molar-refractivity contribution is 7.48. The van der Waals surface area contributed by atoms with Gasteiger partial charge in [-0.25, -0.2) is 9.45 Å². The van der Waals surface area contributed by atoms with Crippen LogP contribution in [0.5, 0.6) is 0 Å². The quantitative estimate of drug-likeness (QED) is 0.379. The first-order valence-corrected chi connectivity index (χ1v) is 8.76. The summed E-state index contributed by atoms with van der Waals surface area (Å²) in [6, 6.07) is 0. The molecule has 0 spiro atoms. The largest absolute Gasteiger partial charge is 0.504 e. The van der Waals surface area contributed by atoms with E-state index in [9.17, 15) is 4.57 Å².